The Hall–Kier alpha value is -2.48. The molecule has 4 amide bonds. The maximum atomic E-state index is 12.7. The minimum absolute atomic E-state index is 0.155. The number of hydrogen-bond acceptors (Lipinski definition) is 5. The fourth-order valence-electron chi connectivity index (χ4n) is 3.60. The number of hydrogen-bond donors (Lipinski definition) is 2. The maximum Gasteiger partial charge on any atom is 0.325 e. The van der Waals surface area contributed by atoms with Gasteiger partial charge >= 0.3 is 6.03 Å². The van der Waals surface area contributed by atoms with E-state index in [1.807, 2.05) is 6.07 Å². The van der Waals surface area contributed by atoms with E-state index in [0.29, 0.717) is 18.8 Å². The lowest BCUT2D eigenvalue weighted by Gasteiger charge is -2.34. The predicted octanol–water partition coefficient (Wildman–Crippen LogP) is 1.52. The average Bonchev–Trinajstić information content (AvgIpc) is 2.87. The summed E-state index contributed by atoms with van der Waals surface area (Å²) in [6.07, 6.45) is 7.44. The average molecular weight is 360 g/mol. The Labute approximate surface area is 152 Å². The highest BCUT2D eigenvalue weighted by Crippen LogP contribution is 2.37. The van der Waals surface area contributed by atoms with Gasteiger partial charge in [-0.15, -0.1) is 0 Å². The van der Waals surface area contributed by atoms with Crippen LogP contribution in [-0.2, 0) is 21.0 Å². The first kappa shape index (κ1) is 18.3. The van der Waals surface area contributed by atoms with Gasteiger partial charge in [0.05, 0.1) is 0 Å². The van der Waals surface area contributed by atoms with Crippen molar-refractivity contribution in [3.63, 3.8) is 0 Å². The van der Waals surface area contributed by atoms with Gasteiger partial charge in [0.15, 0.2) is 0 Å². The van der Waals surface area contributed by atoms with Gasteiger partial charge in [-0.05, 0) is 43.2 Å². The summed E-state index contributed by atoms with van der Waals surface area (Å²) in [6, 6.07) is 3.07. The Morgan fingerprint density at radius 3 is 2.85 bits per heavy atom. The molecule has 140 valence electrons. The smallest absolute Gasteiger partial charge is 0.323 e. The van der Waals surface area contributed by atoms with Gasteiger partial charge in [-0.2, -0.15) is 0 Å². The van der Waals surface area contributed by atoms with E-state index in [-0.39, 0.29) is 19.1 Å². The van der Waals surface area contributed by atoms with Crippen molar-refractivity contribution in [3.8, 4) is 0 Å². The molecule has 26 heavy (non-hydrogen) atoms. The molecule has 8 heteroatoms. The van der Waals surface area contributed by atoms with Crippen molar-refractivity contribution in [3.05, 3.63) is 30.1 Å². The van der Waals surface area contributed by atoms with Crippen molar-refractivity contribution in [2.45, 2.75) is 51.2 Å². The molecule has 1 saturated heterocycles. The van der Waals surface area contributed by atoms with Gasteiger partial charge in [0, 0.05) is 12.4 Å². The lowest BCUT2D eigenvalue weighted by molar-refractivity contribution is -0.141. The van der Waals surface area contributed by atoms with E-state index in [4.69, 9.17) is 4.84 Å². The van der Waals surface area contributed by atoms with E-state index in [9.17, 15) is 14.4 Å². The van der Waals surface area contributed by atoms with E-state index < -0.39 is 17.5 Å². The standard InChI is InChI=1S/C18H24N4O4/c1-2-13-5-7-18(8-6-13)16(24)22(17(25)20-18)11-15(23)21-26-12-14-4-3-9-19-10-14/h3-4,9-10,13H,2,5-8,11-12H2,1H3,(H,20,25)(H,21,23). The van der Waals surface area contributed by atoms with Gasteiger partial charge in [0.25, 0.3) is 11.8 Å². The number of carbonyl (C=O) groups excluding carboxylic acids is 3. The lowest BCUT2D eigenvalue weighted by atomic mass is 9.75. The Morgan fingerprint density at radius 1 is 1.42 bits per heavy atom. The molecule has 1 aromatic rings. The summed E-state index contributed by atoms with van der Waals surface area (Å²) < 4.78 is 0. The number of nitrogens with zero attached hydrogens (tertiary/aromatic N) is 2. The molecule has 3 rings (SSSR count). The molecule has 8 nitrogen and oxygen atoms in total. The second-order valence-corrected chi connectivity index (χ2v) is 6.93. The first-order valence-corrected chi connectivity index (χ1v) is 8.98. The number of rotatable bonds is 6. The predicted molar refractivity (Wildman–Crippen MR) is 92.4 cm³/mol. The fourth-order valence-corrected chi connectivity index (χ4v) is 3.60. The van der Waals surface area contributed by atoms with E-state index in [1.54, 1.807) is 18.5 Å². The van der Waals surface area contributed by atoms with Crippen molar-refractivity contribution in [2.75, 3.05) is 6.54 Å². The van der Waals surface area contributed by atoms with E-state index in [1.165, 1.54) is 0 Å². The van der Waals surface area contributed by atoms with E-state index in [2.05, 4.69) is 22.7 Å². The van der Waals surface area contributed by atoms with Crippen LogP contribution in [0.3, 0.4) is 0 Å². The molecule has 1 aromatic heterocycles. The SMILES string of the molecule is CCC1CCC2(CC1)NC(=O)N(CC(=O)NOCc1cccnc1)C2=O. The third-order valence-corrected chi connectivity index (χ3v) is 5.23. The summed E-state index contributed by atoms with van der Waals surface area (Å²) in [4.78, 5) is 47.0. The highest BCUT2D eigenvalue weighted by atomic mass is 16.6. The van der Waals surface area contributed by atoms with Crippen molar-refractivity contribution in [1.29, 1.82) is 0 Å². The van der Waals surface area contributed by atoms with Crippen LogP contribution in [0.5, 0.6) is 0 Å². The van der Waals surface area contributed by atoms with Crippen molar-refractivity contribution < 1.29 is 19.2 Å². The Bertz CT molecular complexity index is 671. The number of imide groups is 1. The number of nitrogens with one attached hydrogen (secondary N) is 2. The van der Waals surface area contributed by atoms with E-state index >= 15 is 0 Å². The first-order chi connectivity index (χ1) is 12.5. The zero-order valence-electron chi connectivity index (χ0n) is 14.9. The Kier molecular flexibility index (Phi) is 5.51. The summed E-state index contributed by atoms with van der Waals surface area (Å²) in [6.45, 7) is 1.94. The van der Waals surface area contributed by atoms with Crippen LogP contribution >= 0.6 is 0 Å². The first-order valence-electron chi connectivity index (χ1n) is 8.98. The minimum atomic E-state index is -0.834. The molecule has 2 aliphatic rings. The summed E-state index contributed by atoms with van der Waals surface area (Å²) in [5.41, 5.74) is 2.23. The molecule has 1 aliphatic heterocycles. The fraction of sp³-hybridized carbons (Fsp3) is 0.556. The summed E-state index contributed by atoms with van der Waals surface area (Å²) >= 11 is 0. The molecule has 2 fully saturated rings. The molecule has 0 radical (unpaired) electrons. The highest BCUT2D eigenvalue weighted by molar-refractivity contribution is 6.09. The second kappa shape index (κ2) is 7.82. The third kappa shape index (κ3) is 3.85. The van der Waals surface area contributed by atoms with Gasteiger partial charge < -0.3 is 5.32 Å². The maximum absolute atomic E-state index is 12.7. The van der Waals surface area contributed by atoms with Crippen molar-refractivity contribution >= 4 is 17.8 Å². The van der Waals surface area contributed by atoms with Gasteiger partial charge in [-0.1, -0.05) is 19.4 Å². The zero-order chi connectivity index (χ0) is 18.6. The van der Waals surface area contributed by atoms with Crippen LogP contribution in [0.4, 0.5) is 4.79 Å². The molecule has 0 bridgehead atoms. The van der Waals surface area contributed by atoms with Crippen LogP contribution in [-0.4, -0.2) is 39.8 Å². The minimum Gasteiger partial charge on any atom is -0.323 e. The third-order valence-electron chi connectivity index (χ3n) is 5.23. The van der Waals surface area contributed by atoms with Crippen LogP contribution in [0, 0.1) is 5.92 Å². The monoisotopic (exact) mass is 360 g/mol. The Balaban J connectivity index is 1.50. The summed E-state index contributed by atoms with van der Waals surface area (Å²) in [7, 11) is 0. The normalized spacial score (nSPS) is 25.4. The number of urea groups is 1. The summed E-state index contributed by atoms with van der Waals surface area (Å²) in [5.74, 6) is -0.250. The van der Waals surface area contributed by atoms with Crippen LogP contribution < -0.4 is 10.8 Å². The molecular weight excluding hydrogens is 336 g/mol. The lowest BCUT2D eigenvalue weighted by Crippen LogP contribution is -2.50. The highest BCUT2D eigenvalue weighted by Gasteiger charge is 2.52. The number of pyridine rings is 1. The van der Waals surface area contributed by atoms with Crippen molar-refractivity contribution in [1.82, 2.24) is 20.7 Å². The topological polar surface area (TPSA) is 101 Å². The molecule has 1 saturated carbocycles. The van der Waals surface area contributed by atoms with Crippen molar-refractivity contribution in [2.24, 2.45) is 5.92 Å². The molecule has 0 aromatic carbocycles. The van der Waals surface area contributed by atoms with Gasteiger partial charge in [-0.3, -0.25) is 24.3 Å². The molecule has 1 aliphatic carbocycles. The van der Waals surface area contributed by atoms with Crippen LogP contribution in [0.25, 0.3) is 0 Å². The van der Waals surface area contributed by atoms with Crippen LogP contribution in [0.15, 0.2) is 24.5 Å². The number of amides is 4. The van der Waals surface area contributed by atoms with Crippen LogP contribution in [0.1, 0.15) is 44.6 Å². The van der Waals surface area contributed by atoms with Crippen LogP contribution in [0.2, 0.25) is 0 Å². The second-order valence-electron chi connectivity index (χ2n) is 6.93. The molecule has 2 heterocycles. The molecule has 0 unspecified atom stereocenters. The molecule has 1 spiro atoms. The quantitative estimate of drug-likeness (QED) is 0.592. The summed E-state index contributed by atoms with van der Waals surface area (Å²) in [5, 5.41) is 2.81. The molecule has 2 N–H and O–H groups in total. The Morgan fingerprint density at radius 2 is 2.19 bits per heavy atom. The van der Waals surface area contributed by atoms with Gasteiger partial charge in [0.1, 0.15) is 18.7 Å². The zero-order valence-corrected chi connectivity index (χ0v) is 14.9. The number of hydroxylamine groups is 1. The molecule has 0 atom stereocenters. The van der Waals surface area contributed by atoms with E-state index in [0.717, 1.165) is 29.7 Å². The number of carbonyl (C=O) groups is 3. The largest absolute Gasteiger partial charge is 0.325 e. The van der Waals surface area contributed by atoms with Gasteiger partial charge in [-0.25, -0.2) is 10.3 Å². The van der Waals surface area contributed by atoms with Gasteiger partial charge in [0.2, 0.25) is 0 Å². The molecular formula is C18H24N4O4. The number of aromatic nitrogens is 1.